The maximum absolute atomic E-state index is 13.9. The van der Waals surface area contributed by atoms with Crippen molar-refractivity contribution in [3.05, 3.63) is 70.8 Å². The van der Waals surface area contributed by atoms with Gasteiger partial charge in [-0.2, -0.15) is 0 Å². The van der Waals surface area contributed by atoms with Crippen LogP contribution in [0.1, 0.15) is 32.3 Å². The monoisotopic (exact) mass is 491 g/mol. The molecular weight excluding hydrogens is 460 g/mol. The van der Waals surface area contributed by atoms with Crippen LogP contribution in [-0.2, 0) is 20.9 Å². The van der Waals surface area contributed by atoms with Gasteiger partial charge in [-0.05, 0) is 18.9 Å². The first kappa shape index (κ1) is 27.7. The lowest BCUT2D eigenvalue weighted by Crippen LogP contribution is -2.41. The number of piperidine rings is 1. The first-order valence-electron chi connectivity index (χ1n) is 11.2. The van der Waals surface area contributed by atoms with Crippen LogP contribution in [0.3, 0.4) is 0 Å². The highest BCUT2D eigenvalue weighted by Crippen LogP contribution is 2.36. The van der Waals surface area contributed by atoms with Gasteiger partial charge >= 0.3 is 6.09 Å². The minimum Gasteiger partial charge on any atom is -0.407 e. The number of rotatable bonds is 5. The van der Waals surface area contributed by atoms with Crippen molar-refractivity contribution in [3.8, 4) is 0 Å². The van der Waals surface area contributed by atoms with E-state index in [4.69, 9.17) is 9.84 Å². The normalized spacial score (nSPS) is 17.2. The molecule has 1 aromatic carbocycles. The molecule has 8 nitrogen and oxygen atoms in total. The molecule has 1 unspecified atom stereocenters. The maximum atomic E-state index is 13.9. The Morgan fingerprint density at radius 1 is 1.31 bits per heavy atom. The third-order valence-corrected chi connectivity index (χ3v) is 5.35. The van der Waals surface area contributed by atoms with Gasteiger partial charge in [0.15, 0.2) is 11.5 Å². The van der Waals surface area contributed by atoms with E-state index >= 15 is 0 Å². The zero-order valence-corrected chi connectivity index (χ0v) is 20.4. The smallest absolute Gasteiger partial charge is 0.407 e. The predicted octanol–water partition coefficient (Wildman–Crippen LogP) is 3.24. The third kappa shape index (κ3) is 6.75. The molecule has 0 aromatic heterocycles. The van der Waals surface area contributed by atoms with E-state index in [-0.39, 0.29) is 46.4 Å². The Morgan fingerprint density at radius 3 is 2.54 bits per heavy atom. The fourth-order valence-corrected chi connectivity index (χ4v) is 3.24. The van der Waals surface area contributed by atoms with Crippen molar-refractivity contribution in [2.24, 2.45) is 5.92 Å². The summed E-state index contributed by atoms with van der Waals surface area (Å²) in [5.74, 6) is -2.65. The number of Topliss-reactive ketones (excluding diaryl/α,β-unsaturated/α-hetero) is 1. The van der Waals surface area contributed by atoms with Gasteiger partial charge in [-0.25, -0.2) is 13.6 Å². The van der Waals surface area contributed by atoms with Gasteiger partial charge in [0.05, 0.1) is 5.57 Å². The number of aliphatic hydroxyl groups is 1. The predicted molar refractivity (Wildman–Crippen MR) is 125 cm³/mol. The van der Waals surface area contributed by atoms with E-state index in [1.165, 1.54) is 31.3 Å². The van der Waals surface area contributed by atoms with E-state index < -0.39 is 23.6 Å². The largest absolute Gasteiger partial charge is 0.414 e. The lowest BCUT2D eigenvalue weighted by Gasteiger charge is -2.36. The lowest BCUT2D eigenvalue weighted by molar-refractivity contribution is -0.122. The number of allylic oxidation sites excluding steroid dienone is 2. The van der Waals surface area contributed by atoms with Crippen LogP contribution in [0.2, 0.25) is 0 Å². The number of hydrogen-bond acceptors (Lipinski definition) is 6. The van der Waals surface area contributed by atoms with Gasteiger partial charge in [0.2, 0.25) is 0 Å². The summed E-state index contributed by atoms with van der Waals surface area (Å²) in [6.45, 7) is 8.15. The van der Waals surface area contributed by atoms with Crippen LogP contribution in [0.5, 0.6) is 0 Å². The first-order valence-corrected chi connectivity index (χ1v) is 11.2. The highest BCUT2D eigenvalue weighted by Gasteiger charge is 2.38. The summed E-state index contributed by atoms with van der Waals surface area (Å²) in [5, 5.41) is 10.4. The zero-order valence-electron chi connectivity index (χ0n) is 20.4. The number of ketones is 1. The molecule has 10 heteroatoms. The minimum absolute atomic E-state index is 0.0704. The van der Waals surface area contributed by atoms with Crippen LogP contribution >= 0.6 is 0 Å². The van der Waals surface area contributed by atoms with Crippen molar-refractivity contribution < 1.29 is 33.0 Å². The second-order valence-corrected chi connectivity index (χ2v) is 8.35. The second-order valence-electron chi connectivity index (χ2n) is 8.35. The van der Waals surface area contributed by atoms with Crippen molar-refractivity contribution in [2.45, 2.75) is 33.2 Å². The number of aliphatic hydroxyl groups excluding tert-OH is 1. The lowest BCUT2D eigenvalue weighted by atomic mass is 9.89. The molecule has 2 aliphatic rings. The summed E-state index contributed by atoms with van der Waals surface area (Å²) in [7, 11) is 2.98. The summed E-state index contributed by atoms with van der Waals surface area (Å²) < 4.78 is 32.4. The standard InChI is InChI=1S/C22H23F2N3O4.C3H8O/c1-12-7-8-27-11-16(21(29)25-10-14-5-6-15(23)9-17(14)24)13(2)20(18(27)19(12)28)31-22(30)26(3)4;1-2-3-4/h5-6,9,11-12H,2,7-8,10H2,1,3-4H3,(H,25,29);4H,2-3H2,1H3. The number of amides is 2. The minimum atomic E-state index is -0.782. The van der Waals surface area contributed by atoms with E-state index in [9.17, 15) is 23.2 Å². The Morgan fingerprint density at radius 2 is 1.97 bits per heavy atom. The molecule has 35 heavy (non-hydrogen) atoms. The molecule has 0 aliphatic carbocycles. The fraction of sp³-hybridized carbons (Fsp3) is 0.400. The Balaban J connectivity index is 0.00000100. The molecule has 1 aromatic rings. The summed E-state index contributed by atoms with van der Waals surface area (Å²) in [6.07, 6.45) is 2.20. The van der Waals surface area contributed by atoms with Gasteiger partial charge in [0.1, 0.15) is 17.3 Å². The van der Waals surface area contributed by atoms with Crippen LogP contribution in [-0.4, -0.2) is 59.9 Å². The van der Waals surface area contributed by atoms with Crippen molar-refractivity contribution in [3.63, 3.8) is 0 Å². The maximum Gasteiger partial charge on any atom is 0.414 e. The highest BCUT2D eigenvalue weighted by molar-refractivity contribution is 6.04. The molecule has 2 aliphatic heterocycles. The Labute approximate surface area is 203 Å². The number of benzene rings is 1. The molecule has 1 saturated heterocycles. The van der Waals surface area contributed by atoms with Crippen LogP contribution in [0.4, 0.5) is 13.6 Å². The summed E-state index contributed by atoms with van der Waals surface area (Å²) in [5.41, 5.74) is 0.436. The highest BCUT2D eigenvalue weighted by atomic mass is 19.1. The van der Waals surface area contributed by atoms with Crippen molar-refractivity contribution in [2.75, 3.05) is 27.2 Å². The van der Waals surface area contributed by atoms with Gasteiger partial charge < -0.3 is 25.0 Å². The molecule has 2 amide bonds. The average molecular weight is 492 g/mol. The van der Waals surface area contributed by atoms with E-state index in [1.807, 2.05) is 6.92 Å². The SMILES string of the molecule is C=C1C(C(=O)NCc2ccc(F)cc2F)=CN2CCC(C)C(=O)C2=C1OC(=O)N(C)C.CCCO. The molecule has 1 fully saturated rings. The Bertz CT molecular complexity index is 1060. The molecule has 0 spiro atoms. The third-order valence-electron chi connectivity index (χ3n) is 5.35. The summed E-state index contributed by atoms with van der Waals surface area (Å²) >= 11 is 0. The van der Waals surface area contributed by atoms with E-state index in [0.717, 1.165) is 18.6 Å². The molecule has 2 heterocycles. The Kier molecular flexibility index (Phi) is 9.70. The van der Waals surface area contributed by atoms with Crippen LogP contribution in [0, 0.1) is 17.6 Å². The van der Waals surface area contributed by atoms with Gasteiger partial charge in [0.25, 0.3) is 5.91 Å². The average Bonchev–Trinajstić information content (AvgIpc) is 2.82. The molecule has 0 saturated carbocycles. The fourth-order valence-electron chi connectivity index (χ4n) is 3.24. The molecule has 190 valence electrons. The van der Waals surface area contributed by atoms with Crippen LogP contribution < -0.4 is 5.32 Å². The topological polar surface area (TPSA) is 99.2 Å². The van der Waals surface area contributed by atoms with Crippen molar-refractivity contribution in [1.82, 2.24) is 15.1 Å². The van der Waals surface area contributed by atoms with E-state index in [2.05, 4.69) is 11.9 Å². The number of hydrogen-bond donors (Lipinski definition) is 2. The van der Waals surface area contributed by atoms with Crippen LogP contribution in [0.25, 0.3) is 0 Å². The number of halogens is 2. The number of nitrogens with one attached hydrogen (secondary N) is 1. The number of ether oxygens (including phenoxy) is 1. The van der Waals surface area contributed by atoms with Gasteiger partial charge in [0, 0.05) is 63.1 Å². The van der Waals surface area contributed by atoms with E-state index in [1.54, 1.807) is 11.8 Å². The van der Waals surface area contributed by atoms with Gasteiger partial charge in [-0.15, -0.1) is 0 Å². The first-order chi connectivity index (χ1) is 16.5. The molecule has 0 radical (unpaired) electrons. The molecular formula is C25H31F2N3O5. The number of fused-ring (bicyclic) bond motifs is 1. The number of nitrogens with zero attached hydrogens (tertiary/aromatic N) is 2. The van der Waals surface area contributed by atoms with Crippen molar-refractivity contribution in [1.29, 1.82) is 0 Å². The Hall–Kier alpha value is -3.53. The number of carbonyl (C=O) groups excluding carboxylic acids is 3. The van der Waals surface area contributed by atoms with E-state index in [0.29, 0.717) is 19.6 Å². The summed E-state index contributed by atoms with van der Waals surface area (Å²) in [4.78, 5) is 40.5. The number of carbonyl (C=O) groups is 3. The van der Waals surface area contributed by atoms with Gasteiger partial charge in [-0.1, -0.05) is 26.5 Å². The van der Waals surface area contributed by atoms with Crippen LogP contribution in [0.15, 0.2) is 53.6 Å². The molecule has 2 N–H and O–H groups in total. The summed E-state index contributed by atoms with van der Waals surface area (Å²) in [6, 6.07) is 3.06. The quantitative estimate of drug-likeness (QED) is 0.656. The van der Waals surface area contributed by atoms with Gasteiger partial charge in [-0.3, -0.25) is 9.59 Å². The molecule has 0 bridgehead atoms. The molecule has 3 rings (SSSR count). The second kappa shape index (κ2) is 12.3. The zero-order chi connectivity index (χ0) is 26.3. The molecule has 1 atom stereocenters. The van der Waals surface area contributed by atoms with Crippen molar-refractivity contribution >= 4 is 17.8 Å².